The standard InChI is InChI=1S/C6H16N2O2S/c1-6(2,3)4-5-11(9,10)8-7/h8H,4-5,7H2,1-3H3. The molecule has 5 heteroatoms. The molecule has 0 aromatic rings. The summed E-state index contributed by atoms with van der Waals surface area (Å²) >= 11 is 0. The van der Waals surface area contributed by atoms with Crippen LogP contribution in [0.4, 0.5) is 0 Å². The lowest BCUT2D eigenvalue weighted by Gasteiger charge is -2.16. The largest absolute Gasteiger partial charge is 0.258 e. The number of hydrogen-bond acceptors (Lipinski definition) is 3. The molecule has 0 aromatic carbocycles. The SMILES string of the molecule is CC(C)(C)CCS(=O)(=O)NN. The minimum atomic E-state index is -3.22. The van der Waals surface area contributed by atoms with Crippen LogP contribution >= 0.6 is 0 Å². The summed E-state index contributed by atoms with van der Waals surface area (Å²) in [6.45, 7) is 5.96. The molecule has 0 spiro atoms. The highest BCUT2D eigenvalue weighted by Gasteiger charge is 2.15. The third-order valence-electron chi connectivity index (χ3n) is 1.30. The van der Waals surface area contributed by atoms with E-state index in [0.717, 1.165) is 0 Å². The van der Waals surface area contributed by atoms with Crippen LogP contribution in [0.1, 0.15) is 27.2 Å². The van der Waals surface area contributed by atoms with Crippen LogP contribution in [-0.4, -0.2) is 14.2 Å². The molecule has 0 aliphatic carbocycles. The van der Waals surface area contributed by atoms with E-state index in [4.69, 9.17) is 5.84 Å². The van der Waals surface area contributed by atoms with Crippen LogP contribution in [0, 0.1) is 5.41 Å². The van der Waals surface area contributed by atoms with Crippen molar-refractivity contribution in [3.05, 3.63) is 0 Å². The van der Waals surface area contributed by atoms with E-state index in [0.29, 0.717) is 6.42 Å². The van der Waals surface area contributed by atoms with Crippen molar-refractivity contribution in [2.45, 2.75) is 27.2 Å². The molecule has 0 atom stereocenters. The van der Waals surface area contributed by atoms with Crippen molar-refractivity contribution in [3.63, 3.8) is 0 Å². The van der Waals surface area contributed by atoms with Gasteiger partial charge in [-0.25, -0.2) is 8.42 Å². The van der Waals surface area contributed by atoms with E-state index in [9.17, 15) is 8.42 Å². The smallest absolute Gasteiger partial charge is 0.224 e. The second-order valence-electron chi connectivity index (χ2n) is 3.75. The Bertz CT molecular complexity index is 203. The first-order chi connectivity index (χ1) is 4.77. The van der Waals surface area contributed by atoms with E-state index in [-0.39, 0.29) is 11.2 Å². The Morgan fingerprint density at radius 1 is 1.36 bits per heavy atom. The van der Waals surface area contributed by atoms with E-state index in [2.05, 4.69) is 0 Å². The van der Waals surface area contributed by atoms with E-state index in [1.165, 1.54) is 0 Å². The summed E-state index contributed by atoms with van der Waals surface area (Å²) in [4.78, 5) is 1.79. The third kappa shape index (κ3) is 6.28. The summed E-state index contributed by atoms with van der Waals surface area (Å²) in [5.41, 5.74) is 0.0317. The Balaban J connectivity index is 3.91. The molecule has 0 fully saturated rings. The lowest BCUT2D eigenvalue weighted by molar-refractivity contribution is 0.396. The molecule has 11 heavy (non-hydrogen) atoms. The molecule has 68 valence electrons. The third-order valence-corrected chi connectivity index (χ3v) is 2.40. The first-order valence-electron chi connectivity index (χ1n) is 3.47. The van der Waals surface area contributed by atoms with Gasteiger partial charge in [-0.2, -0.15) is 4.83 Å². The maximum Gasteiger partial charge on any atom is 0.224 e. The predicted molar refractivity (Wildman–Crippen MR) is 45.2 cm³/mol. The Morgan fingerprint density at radius 3 is 2.09 bits per heavy atom. The van der Waals surface area contributed by atoms with Gasteiger partial charge in [0.2, 0.25) is 10.0 Å². The van der Waals surface area contributed by atoms with Crippen molar-refractivity contribution in [2.75, 3.05) is 5.75 Å². The zero-order valence-electron chi connectivity index (χ0n) is 7.22. The topological polar surface area (TPSA) is 72.2 Å². The fourth-order valence-corrected chi connectivity index (χ4v) is 1.50. The highest BCUT2D eigenvalue weighted by molar-refractivity contribution is 7.89. The van der Waals surface area contributed by atoms with Crippen LogP contribution in [0.5, 0.6) is 0 Å². The number of rotatable bonds is 3. The van der Waals surface area contributed by atoms with E-state index >= 15 is 0 Å². The molecule has 0 aliphatic heterocycles. The summed E-state index contributed by atoms with van der Waals surface area (Å²) in [5, 5.41) is 0. The number of sulfonamides is 1. The van der Waals surface area contributed by atoms with Crippen LogP contribution in [-0.2, 0) is 10.0 Å². The second-order valence-corrected chi connectivity index (χ2v) is 5.62. The molecule has 0 aliphatic rings. The van der Waals surface area contributed by atoms with Crippen LogP contribution in [0.15, 0.2) is 0 Å². The molecule has 0 saturated carbocycles. The second kappa shape index (κ2) is 3.51. The Hall–Kier alpha value is -0.130. The molecule has 0 heterocycles. The van der Waals surface area contributed by atoms with Crippen LogP contribution in [0.25, 0.3) is 0 Å². The Morgan fingerprint density at radius 2 is 1.82 bits per heavy atom. The van der Waals surface area contributed by atoms with E-state index in [1.807, 2.05) is 20.8 Å². The minimum absolute atomic E-state index is 0.0317. The van der Waals surface area contributed by atoms with Crippen LogP contribution in [0.2, 0.25) is 0 Å². The zero-order chi connectivity index (χ0) is 9.12. The molecule has 0 aromatic heterocycles. The van der Waals surface area contributed by atoms with Gasteiger partial charge in [-0.15, -0.1) is 0 Å². The molecule has 4 nitrogen and oxygen atoms in total. The molecule has 3 N–H and O–H groups in total. The zero-order valence-corrected chi connectivity index (χ0v) is 8.03. The molecule has 0 amide bonds. The first kappa shape index (κ1) is 10.9. The average molecular weight is 180 g/mol. The lowest BCUT2D eigenvalue weighted by Crippen LogP contribution is -2.33. The Labute approximate surface area is 68.2 Å². The molecule has 0 radical (unpaired) electrons. The Kier molecular flexibility index (Phi) is 3.47. The molecule has 0 saturated heterocycles. The van der Waals surface area contributed by atoms with Gasteiger partial charge in [0.15, 0.2) is 0 Å². The minimum Gasteiger partial charge on any atom is -0.258 e. The maximum atomic E-state index is 10.8. The van der Waals surface area contributed by atoms with E-state index < -0.39 is 10.0 Å². The van der Waals surface area contributed by atoms with Crippen molar-refractivity contribution in [1.29, 1.82) is 0 Å². The van der Waals surface area contributed by atoms with Gasteiger partial charge in [0.1, 0.15) is 0 Å². The summed E-state index contributed by atoms with van der Waals surface area (Å²) < 4.78 is 21.6. The quantitative estimate of drug-likeness (QED) is 0.482. The maximum absolute atomic E-state index is 10.8. The number of hydrazine groups is 1. The van der Waals surface area contributed by atoms with Crippen molar-refractivity contribution in [3.8, 4) is 0 Å². The van der Waals surface area contributed by atoms with Gasteiger partial charge >= 0.3 is 0 Å². The average Bonchev–Trinajstić information content (AvgIpc) is 1.83. The summed E-state index contributed by atoms with van der Waals surface area (Å²) in [7, 11) is -3.22. The van der Waals surface area contributed by atoms with Crippen molar-refractivity contribution in [1.82, 2.24) is 4.83 Å². The van der Waals surface area contributed by atoms with Gasteiger partial charge in [0, 0.05) is 0 Å². The van der Waals surface area contributed by atoms with Crippen molar-refractivity contribution in [2.24, 2.45) is 11.3 Å². The van der Waals surface area contributed by atoms with Gasteiger partial charge in [-0.05, 0) is 11.8 Å². The van der Waals surface area contributed by atoms with Crippen LogP contribution in [0.3, 0.4) is 0 Å². The fraction of sp³-hybridized carbons (Fsp3) is 1.00. The van der Waals surface area contributed by atoms with Crippen molar-refractivity contribution >= 4 is 10.0 Å². The van der Waals surface area contributed by atoms with Gasteiger partial charge < -0.3 is 0 Å². The monoisotopic (exact) mass is 180 g/mol. The van der Waals surface area contributed by atoms with Gasteiger partial charge in [-0.3, -0.25) is 5.84 Å². The molecular formula is C6H16N2O2S. The highest BCUT2D eigenvalue weighted by atomic mass is 32.2. The number of nitrogens with one attached hydrogen (secondary N) is 1. The van der Waals surface area contributed by atoms with Crippen molar-refractivity contribution < 1.29 is 8.42 Å². The highest BCUT2D eigenvalue weighted by Crippen LogP contribution is 2.18. The predicted octanol–water partition coefficient (Wildman–Crippen LogP) is 0.216. The number of hydrogen-bond donors (Lipinski definition) is 2. The van der Waals surface area contributed by atoms with Gasteiger partial charge in [0.05, 0.1) is 5.75 Å². The van der Waals surface area contributed by atoms with E-state index in [1.54, 1.807) is 4.83 Å². The molecular weight excluding hydrogens is 164 g/mol. The summed E-state index contributed by atoms with van der Waals surface area (Å²) in [6, 6.07) is 0. The summed E-state index contributed by atoms with van der Waals surface area (Å²) in [6.07, 6.45) is 0.611. The van der Waals surface area contributed by atoms with Gasteiger partial charge in [-0.1, -0.05) is 20.8 Å². The fourth-order valence-electron chi connectivity index (χ4n) is 0.499. The summed E-state index contributed by atoms with van der Waals surface area (Å²) in [5.74, 6) is 4.89. The van der Waals surface area contributed by atoms with Crippen LogP contribution < -0.4 is 10.7 Å². The molecule has 0 unspecified atom stereocenters. The first-order valence-corrected chi connectivity index (χ1v) is 5.12. The lowest BCUT2D eigenvalue weighted by atomic mass is 9.94. The normalized spacial score (nSPS) is 13.5. The van der Waals surface area contributed by atoms with Gasteiger partial charge in [0.25, 0.3) is 0 Å². The number of nitrogens with two attached hydrogens (primary N) is 1. The molecule has 0 rings (SSSR count). The molecule has 0 bridgehead atoms.